The summed E-state index contributed by atoms with van der Waals surface area (Å²) in [6.45, 7) is 4.23. The SMILES string of the molecule is NCCCCN1CC=C(c2cccc3ccccc23)CC1. The molecule has 0 saturated heterocycles. The van der Waals surface area contributed by atoms with Gasteiger partial charge in [-0.2, -0.15) is 0 Å². The van der Waals surface area contributed by atoms with Crippen LogP contribution in [0.1, 0.15) is 24.8 Å². The molecule has 0 unspecified atom stereocenters. The molecule has 0 amide bonds. The lowest BCUT2D eigenvalue weighted by molar-refractivity contribution is 0.296. The largest absolute Gasteiger partial charge is 0.330 e. The molecule has 0 atom stereocenters. The molecule has 0 spiro atoms. The molecular weight excluding hydrogens is 256 g/mol. The maximum Gasteiger partial charge on any atom is 0.0169 e. The van der Waals surface area contributed by atoms with Crippen LogP contribution in [0.5, 0.6) is 0 Å². The van der Waals surface area contributed by atoms with Gasteiger partial charge in [-0.1, -0.05) is 48.5 Å². The topological polar surface area (TPSA) is 29.3 Å². The van der Waals surface area contributed by atoms with Gasteiger partial charge in [0, 0.05) is 13.1 Å². The number of rotatable bonds is 5. The molecule has 0 radical (unpaired) electrons. The fraction of sp³-hybridized carbons (Fsp3) is 0.368. The van der Waals surface area contributed by atoms with E-state index in [9.17, 15) is 0 Å². The molecule has 2 N–H and O–H groups in total. The first-order valence-corrected chi connectivity index (χ1v) is 7.98. The van der Waals surface area contributed by atoms with Crippen molar-refractivity contribution < 1.29 is 0 Å². The second-order valence-electron chi connectivity index (χ2n) is 5.80. The number of benzene rings is 2. The first kappa shape index (κ1) is 14.3. The molecule has 21 heavy (non-hydrogen) atoms. The van der Waals surface area contributed by atoms with E-state index >= 15 is 0 Å². The van der Waals surface area contributed by atoms with E-state index in [0.717, 1.165) is 25.9 Å². The summed E-state index contributed by atoms with van der Waals surface area (Å²) in [6.07, 6.45) is 5.91. The Balaban J connectivity index is 1.75. The Hall–Kier alpha value is -1.64. The van der Waals surface area contributed by atoms with Gasteiger partial charge in [-0.3, -0.25) is 4.90 Å². The van der Waals surface area contributed by atoms with Crippen LogP contribution >= 0.6 is 0 Å². The van der Waals surface area contributed by atoms with E-state index in [1.54, 1.807) is 0 Å². The Kier molecular flexibility index (Phi) is 4.69. The molecule has 0 aromatic heterocycles. The van der Waals surface area contributed by atoms with Gasteiger partial charge in [-0.05, 0) is 54.3 Å². The van der Waals surface area contributed by atoms with Crippen molar-refractivity contribution in [3.8, 4) is 0 Å². The van der Waals surface area contributed by atoms with Crippen LogP contribution in [0.2, 0.25) is 0 Å². The van der Waals surface area contributed by atoms with E-state index in [4.69, 9.17) is 5.73 Å². The summed E-state index contributed by atoms with van der Waals surface area (Å²) < 4.78 is 0. The number of hydrogen-bond donors (Lipinski definition) is 1. The highest BCUT2D eigenvalue weighted by Crippen LogP contribution is 2.29. The number of nitrogens with two attached hydrogens (primary N) is 1. The molecule has 2 aromatic rings. The van der Waals surface area contributed by atoms with Gasteiger partial charge in [0.2, 0.25) is 0 Å². The van der Waals surface area contributed by atoms with E-state index in [-0.39, 0.29) is 0 Å². The van der Waals surface area contributed by atoms with Crippen LogP contribution in [0.4, 0.5) is 0 Å². The van der Waals surface area contributed by atoms with Gasteiger partial charge in [0.05, 0.1) is 0 Å². The normalized spacial score (nSPS) is 16.1. The average Bonchev–Trinajstić information content (AvgIpc) is 2.55. The molecule has 2 heteroatoms. The highest BCUT2D eigenvalue weighted by molar-refractivity contribution is 5.94. The Morgan fingerprint density at radius 2 is 1.86 bits per heavy atom. The lowest BCUT2D eigenvalue weighted by Gasteiger charge is -2.26. The molecule has 110 valence electrons. The first-order chi connectivity index (χ1) is 10.4. The van der Waals surface area contributed by atoms with Crippen molar-refractivity contribution in [3.05, 3.63) is 54.1 Å². The highest BCUT2D eigenvalue weighted by atomic mass is 15.1. The number of hydrogen-bond acceptors (Lipinski definition) is 2. The molecular formula is C19H24N2. The molecule has 1 aliphatic heterocycles. The zero-order valence-electron chi connectivity index (χ0n) is 12.6. The molecule has 1 aliphatic rings. The van der Waals surface area contributed by atoms with E-state index in [0.29, 0.717) is 0 Å². The summed E-state index contributed by atoms with van der Waals surface area (Å²) in [5, 5.41) is 2.71. The van der Waals surface area contributed by atoms with Gasteiger partial charge < -0.3 is 5.73 Å². The van der Waals surface area contributed by atoms with Crippen LogP contribution in [-0.2, 0) is 0 Å². The van der Waals surface area contributed by atoms with Gasteiger partial charge in [-0.25, -0.2) is 0 Å². The monoisotopic (exact) mass is 280 g/mol. The van der Waals surface area contributed by atoms with Gasteiger partial charge in [0.25, 0.3) is 0 Å². The maximum atomic E-state index is 5.56. The summed E-state index contributed by atoms with van der Waals surface area (Å²) >= 11 is 0. The van der Waals surface area contributed by atoms with Crippen LogP contribution < -0.4 is 5.73 Å². The zero-order chi connectivity index (χ0) is 14.5. The maximum absolute atomic E-state index is 5.56. The predicted octanol–water partition coefficient (Wildman–Crippen LogP) is 3.67. The quantitative estimate of drug-likeness (QED) is 0.847. The van der Waals surface area contributed by atoms with E-state index in [2.05, 4.69) is 53.4 Å². The van der Waals surface area contributed by atoms with Crippen molar-refractivity contribution in [2.24, 2.45) is 5.73 Å². The summed E-state index contributed by atoms with van der Waals surface area (Å²) in [7, 11) is 0. The lowest BCUT2D eigenvalue weighted by atomic mass is 9.94. The molecule has 1 heterocycles. The Labute approximate surface area is 127 Å². The van der Waals surface area contributed by atoms with Crippen molar-refractivity contribution in [1.82, 2.24) is 4.90 Å². The van der Waals surface area contributed by atoms with Gasteiger partial charge >= 0.3 is 0 Å². The van der Waals surface area contributed by atoms with Crippen LogP contribution in [-0.4, -0.2) is 31.1 Å². The smallest absolute Gasteiger partial charge is 0.0169 e. The number of fused-ring (bicyclic) bond motifs is 1. The third-order valence-electron chi connectivity index (χ3n) is 4.36. The number of nitrogens with zero attached hydrogens (tertiary/aromatic N) is 1. The second-order valence-corrected chi connectivity index (χ2v) is 5.80. The summed E-state index contributed by atoms with van der Waals surface area (Å²) in [5.74, 6) is 0. The molecule has 2 aromatic carbocycles. The first-order valence-electron chi connectivity index (χ1n) is 7.98. The Morgan fingerprint density at radius 1 is 1.00 bits per heavy atom. The average molecular weight is 280 g/mol. The highest BCUT2D eigenvalue weighted by Gasteiger charge is 2.13. The minimum Gasteiger partial charge on any atom is -0.330 e. The van der Waals surface area contributed by atoms with Crippen LogP contribution in [0.15, 0.2) is 48.5 Å². The van der Waals surface area contributed by atoms with Gasteiger partial charge in [0.1, 0.15) is 0 Å². The standard InChI is InChI=1S/C19H24N2/c20-12-3-4-13-21-14-10-17(11-15-21)19-9-5-7-16-6-1-2-8-18(16)19/h1-2,5-10H,3-4,11-15,20H2. The Bertz CT molecular complexity index is 625. The van der Waals surface area contributed by atoms with Crippen LogP contribution in [0, 0.1) is 0 Å². The third-order valence-corrected chi connectivity index (χ3v) is 4.36. The predicted molar refractivity (Wildman–Crippen MR) is 91.3 cm³/mol. The van der Waals surface area contributed by atoms with Crippen molar-refractivity contribution in [2.45, 2.75) is 19.3 Å². The number of unbranched alkanes of at least 4 members (excludes halogenated alkanes) is 1. The van der Waals surface area contributed by atoms with E-state index in [1.165, 1.54) is 41.4 Å². The van der Waals surface area contributed by atoms with Gasteiger partial charge in [0.15, 0.2) is 0 Å². The van der Waals surface area contributed by atoms with E-state index < -0.39 is 0 Å². The third kappa shape index (κ3) is 3.34. The fourth-order valence-electron chi connectivity index (χ4n) is 3.14. The van der Waals surface area contributed by atoms with Crippen LogP contribution in [0.25, 0.3) is 16.3 Å². The summed E-state index contributed by atoms with van der Waals surface area (Å²) in [6, 6.07) is 15.3. The van der Waals surface area contributed by atoms with Crippen LogP contribution in [0.3, 0.4) is 0 Å². The van der Waals surface area contributed by atoms with E-state index in [1.807, 2.05) is 0 Å². The van der Waals surface area contributed by atoms with Crippen molar-refractivity contribution in [3.63, 3.8) is 0 Å². The molecule has 0 aliphatic carbocycles. The summed E-state index contributed by atoms with van der Waals surface area (Å²) in [4.78, 5) is 2.53. The lowest BCUT2D eigenvalue weighted by Crippen LogP contribution is -2.29. The second kappa shape index (κ2) is 6.88. The minimum absolute atomic E-state index is 0.810. The summed E-state index contributed by atoms with van der Waals surface area (Å²) in [5.41, 5.74) is 8.48. The van der Waals surface area contributed by atoms with Crippen molar-refractivity contribution in [2.75, 3.05) is 26.2 Å². The minimum atomic E-state index is 0.810. The van der Waals surface area contributed by atoms with Crippen molar-refractivity contribution >= 4 is 16.3 Å². The molecule has 0 saturated carbocycles. The molecule has 0 bridgehead atoms. The zero-order valence-corrected chi connectivity index (χ0v) is 12.6. The Morgan fingerprint density at radius 3 is 2.67 bits per heavy atom. The molecule has 0 fully saturated rings. The van der Waals surface area contributed by atoms with Gasteiger partial charge in [-0.15, -0.1) is 0 Å². The fourth-order valence-corrected chi connectivity index (χ4v) is 3.14. The molecule has 2 nitrogen and oxygen atoms in total. The molecule has 3 rings (SSSR count). The van der Waals surface area contributed by atoms with Crippen molar-refractivity contribution in [1.29, 1.82) is 0 Å².